The van der Waals surface area contributed by atoms with Crippen LogP contribution < -0.4 is 5.32 Å². The van der Waals surface area contributed by atoms with Gasteiger partial charge in [0.25, 0.3) is 5.91 Å². The molecular weight excluding hydrogens is 351 g/mol. The van der Waals surface area contributed by atoms with Crippen molar-refractivity contribution in [2.45, 2.75) is 4.34 Å². The highest BCUT2D eigenvalue weighted by Crippen LogP contribution is 2.31. The maximum atomic E-state index is 12.9. The lowest BCUT2D eigenvalue weighted by molar-refractivity contribution is -0.133. The van der Waals surface area contributed by atoms with Gasteiger partial charge in [0.15, 0.2) is 4.34 Å². The van der Waals surface area contributed by atoms with Crippen LogP contribution in [-0.2, 0) is 4.79 Å². The Kier molecular flexibility index (Phi) is 4.77. The van der Waals surface area contributed by atoms with E-state index in [4.69, 9.17) is 5.11 Å². The molecule has 0 bridgehead atoms. The van der Waals surface area contributed by atoms with E-state index in [1.165, 1.54) is 35.6 Å². The van der Waals surface area contributed by atoms with Gasteiger partial charge in [-0.2, -0.15) is 0 Å². The van der Waals surface area contributed by atoms with Crippen LogP contribution in [0.1, 0.15) is 10.4 Å². The van der Waals surface area contributed by atoms with Crippen LogP contribution in [0.4, 0.5) is 10.1 Å². The Morgan fingerprint density at radius 3 is 2.67 bits per heavy atom. The van der Waals surface area contributed by atoms with Crippen LogP contribution >= 0.6 is 23.1 Å². The number of amides is 1. The number of aromatic nitrogens is 1. The van der Waals surface area contributed by atoms with Crippen molar-refractivity contribution in [1.82, 2.24) is 4.98 Å². The second kappa shape index (κ2) is 6.98. The number of rotatable bonds is 5. The van der Waals surface area contributed by atoms with Crippen molar-refractivity contribution >= 4 is 50.9 Å². The fraction of sp³-hybridized carbons (Fsp3) is 0.0625. The van der Waals surface area contributed by atoms with Gasteiger partial charge in [-0.15, -0.1) is 11.3 Å². The van der Waals surface area contributed by atoms with E-state index in [9.17, 15) is 14.0 Å². The van der Waals surface area contributed by atoms with E-state index in [2.05, 4.69) is 10.3 Å². The zero-order valence-corrected chi connectivity index (χ0v) is 13.8. The van der Waals surface area contributed by atoms with E-state index in [-0.39, 0.29) is 11.7 Å². The van der Waals surface area contributed by atoms with Crippen LogP contribution in [0, 0.1) is 5.82 Å². The lowest BCUT2D eigenvalue weighted by Crippen LogP contribution is -2.11. The summed E-state index contributed by atoms with van der Waals surface area (Å²) in [6.45, 7) is 0. The third kappa shape index (κ3) is 3.90. The van der Waals surface area contributed by atoms with Gasteiger partial charge in [-0.3, -0.25) is 9.59 Å². The lowest BCUT2D eigenvalue weighted by Gasteiger charge is -2.05. The number of aliphatic carboxylic acids is 1. The first-order chi connectivity index (χ1) is 11.5. The average Bonchev–Trinajstić information content (AvgIpc) is 2.95. The maximum absolute atomic E-state index is 12.9. The van der Waals surface area contributed by atoms with Crippen LogP contribution in [-0.4, -0.2) is 27.7 Å². The summed E-state index contributed by atoms with van der Waals surface area (Å²) in [5.74, 6) is -1.68. The molecule has 0 fully saturated rings. The molecule has 1 heterocycles. The Morgan fingerprint density at radius 2 is 1.96 bits per heavy atom. The molecule has 0 aliphatic carbocycles. The first-order valence-electron chi connectivity index (χ1n) is 6.83. The van der Waals surface area contributed by atoms with E-state index in [0.717, 1.165) is 22.0 Å². The zero-order chi connectivity index (χ0) is 17.1. The van der Waals surface area contributed by atoms with E-state index >= 15 is 0 Å². The molecule has 3 rings (SSSR count). The Bertz CT molecular complexity index is 909. The fourth-order valence-electron chi connectivity index (χ4n) is 1.97. The summed E-state index contributed by atoms with van der Waals surface area (Å²) in [5, 5.41) is 11.4. The number of nitrogens with zero attached hydrogens (tertiary/aromatic N) is 1. The molecule has 0 saturated heterocycles. The molecular formula is C16H11FN2O3S2. The van der Waals surface area contributed by atoms with E-state index in [1.54, 1.807) is 18.2 Å². The summed E-state index contributed by atoms with van der Waals surface area (Å²) < 4.78 is 14.4. The van der Waals surface area contributed by atoms with Crippen LogP contribution in [0.2, 0.25) is 0 Å². The molecule has 8 heteroatoms. The predicted molar refractivity (Wildman–Crippen MR) is 92.3 cm³/mol. The number of carboxylic acids is 1. The number of hydrogen-bond donors (Lipinski definition) is 2. The van der Waals surface area contributed by atoms with Crippen molar-refractivity contribution in [3.63, 3.8) is 0 Å². The number of carbonyl (C=O) groups is 2. The summed E-state index contributed by atoms with van der Waals surface area (Å²) in [5.41, 5.74) is 1.70. The molecule has 0 unspecified atom stereocenters. The number of anilines is 1. The minimum Gasteiger partial charge on any atom is -0.481 e. The van der Waals surface area contributed by atoms with Gasteiger partial charge in [0.1, 0.15) is 5.82 Å². The second-order valence-corrected chi connectivity index (χ2v) is 7.06. The van der Waals surface area contributed by atoms with Crippen LogP contribution in [0.3, 0.4) is 0 Å². The van der Waals surface area contributed by atoms with Crippen LogP contribution in [0.5, 0.6) is 0 Å². The lowest BCUT2D eigenvalue weighted by atomic mass is 10.2. The van der Waals surface area contributed by atoms with E-state index in [0.29, 0.717) is 15.6 Å². The molecule has 0 spiro atoms. The number of fused-ring (bicyclic) bond motifs is 1. The van der Waals surface area contributed by atoms with Gasteiger partial charge in [-0.05, 0) is 42.5 Å². The average molecular weight is 362 g/mol. The van der Waals surface area contributed by atoms with Crippen molar-refractivity contribution in [2.75, 3.05) is 11.1 Å². The summed E-state index contributed by atoms with van der Waals surface area (Å²) in [7, 11) is 0. The number of thiazole rings is 1. The number of halogens is 1. The summed E-state index contributed by atoms with van der Waals surface area (Å²) in [6, 6.07) is 10.5. The second-order valence-electron chi connectivity index (χ2n) is 4.81. The molecule has 0 saturated carbocycles. The maximum Gasteiger partial charge on any atom is 0.313 e. The fourth-order valence-corrected chi connectivity index (χ4v) is 3.80. The topological polar surface area (TPSA) is 79.3 Å². The normalized spacial score (nSPS) is 10.7. The van der Waals surface area contributed by atoms with Gasteiger partial charge in [-0.1, -0.05) is 11.8 Å². The molecule has 1 amide bonds. The summed E-state index contributed by atoms with van der Waals surface area (Å²) in [4.78, 5) is 27.1. The van der Waals surface area contributed by atoms with Crippen LogP contribution in [0.15, 0.2) is 46.8 Å². The minimum atomic E-state index is -0.897. The van der Waals surface area contributed by atoms with Crippen molar-refractivity contribution in [3.8, 4) is 0 Å². The molecule has 2 N–H and O–H groups in total. The zero-order valence-electron chi connectivity index (χ0n) is 12.2. The quantitative estimate of drug-likeness (QED) is 0.674. The molecule has 0 radical (unpaired) electrons. The molecule has 122 valence electrons. The highest BCUT2D eigenvalue weighted by atomic mass is 32.2. The van der Waals surface area contributed by atoms with Gasteiger partial charge in [-0.25, -0.2) is 9.37 Å². The summed E-state index contributed by atoms with van der Waals surface area (Å²) >= 11 is 2.52. The minimum absolute atomic E-state index is 0.0476. The number of benzene rings is 2. The van der Waals surface area contributed by atoms with Gasteiger partial charge < -0.3 is 10.4 Å². The molecule has 0 aliphatic rings. The third-order valence-electron chi connectivity index (χ3n) is 3.05. The van der Waals surface area contributed by atoms with Gasteiger partial charge in [0, 0.05) is 11.3 Å². The van der Waals surface area contributed by atoms with E-state index < -0.39 is 11.8 Å². The Hall–Kier alpha value is -2.45. The third-order valence-corrected chi connectivity index (χ3v) is 5.20. The number of nitrogens with one attached hydrogen (secondary N) is 1. The molecule has 3 aromatic rings. The number of carboxylic acid groups (broad SMARTS) is 1. The smallest absolute Gasteiger partial charge is 0.313 e. The first kappa shape index (κ1) is 16.4. The molecule has 2 aromatic carbocycles. The molecule has 24 heavy (non-hydrogen) atoms. The molecule has 0 aliphatic heterocycles. The monoisotopic (exact) mass is 362 g/mol. The van der Waals surface area contributed by atoms with Crippen molar-refractivity contribution in [2.24, 2.45) is 0 Å². The van der Waals surface area contributed by atoms with Crippen molar-refractivity contribution < 1.29 is 19.1 Å². The Balaban J connectivity index is 1.76. The van der Waals surface area contributed by atoms with E-state index in [1.807, 2.05) is 0 Å². The van der Waals surface area contributed by atoms with Crippen molar-refractivity contribution in [3.05, 3.63) is 53.8 Å². The summed E-state index contributed by atoms with van der Waals surface area (Å²) in [6.07, 6.45) is 0. The predicted octanol–water partition coefficient (Wildman–Crippen LogP) is 3.86. The SMILES string of the molecule is O=C(O)CSc1nc2ccc(NC(=O)c3ccc(F)cc3)cc2s1. The van der Waals surface area contributed by atoms with Crippen LogP contribution in [0.25, 0.3) is 10.2 Å². The number of carbonyl (C=O) groups excluding carboxylic acids is 1. The van der Waals surface area contributed by atoms with Gasteiger partial charge >= 0.3 is 5.97 Å². The highest BCUT2D eigenvalue weighted by Gasteiger charge is 2.10. The number of thioether (sulfide) groups is 1. The molecule has 1 aromatic heterocycles. The first-order valence-corrected chi connectivity index (χ1v) is 8.63. The molecule has 5 nitrogen and oxygen atoms in total. The number of hydrogen-bond acceptors (Lipinski definition) is 5. The largest absolute Gasteiger partial charge is 0.481 e. The van der Waals surface area contributed by atoms with Gasteiger partial charge in [0.2, 0.25) is 0 Å². The highest BCUT2D eigenvalue weighted by molar-refractivity contribution is 8.01. The molecule has 0 atom stereocenters. The van der Waals surface area contributed by atoms with Gasteiger partial charge in [0.05, 0.1) is 16.0 Å². The Morgan fingerprint density at radius 1 is 1.21 bits per heavy atom. The van der Waals surface area contributed by atoms with Crippen molar-refractivity contribution in [1.29, 1.82) is 0 Å². The standard InChI is InChI=1S/C16H11FN2O3S2/c17-10-3-1-9(2-4-10)15(22)18-11-5-6-12-13(7-11)24-16(19-12)23-8-14(20)21/h1-7H,8H2,(H,18,22)(H,20,21). The Labute approximate surface area is 144 Å².